The van der Waals surface area contributed by atoms with Crippen molar-refractivity contribution in [2.45, 2.75) is 19.4 Å². The summed E-state index contributed by atoms with van der Waals surface area (Å²) in [5.41, 5.74) is 4.87. The van der Waals surface area contributed by atoms with Crippen molar-refractivity contribution in [3.05, 3.63) is 22.2 Å². The first-order valence-corrected chi connectivity index (χ1v) is 6.87. The number of nitrogens with two attached hydrogens (primary N) is 1. The SMILES string of the molecule is CC(C)(O)CN1CCN(c2nc(N)ccc2[N+](=O)[O-])CC1. The van der Waals surface area contributed by atoms with Crippen molar-refractivity contribution in [3.63, 3.8) is 0 Å². The van der Waals surface area contributed by atoms with Gasteiger partial charge in [-0.15, -0.1) is 0 Å². The first-order chi connectivity index (χ1) is 9.76. The summed E-state index contributed by atoms with van der Waals surface area (Å²) in [5.74, 6) is 0.595. The first kappa shape index (κ1) is 15.5. The van der Waals surface area contributed by atoms with E-state index in [4.69, 9.17) is 5.73 Å². The zero-order valence-corrected chi connectivity index (χ0v) is 12.3. The van der Waals surface area contributed by atoms with Crippen LogP contribution in [0.1, 0.15) is 13.8 Å². The molecular weight excluding hydrogens is 274 g/mol. The van der Waals surface area contributed by atoms with E-state index in [1.54, 1.807) is 13.8 Å². The van der Waals surface area contributed by atoms with E-state index in [1.165, 1.54) is 12.1 Å². The number of pyridine rings is 1. The molecule has 21 heavy (non-hydrogen) atoms. The highest BCUT2D eigenvalue weighted by atomic mass is 16.6. The summed E-state index contributed by atoms with van der Waals surface area (Å²) in [6.07, 6.45) is 0. The summed E-state index contributed by atoms with van der Waals surface area (Å²) in [5, 5.41) is 20.9. The fraction of sp³-hybridized carbons (Fsp3) is 0.615. The normalized spacial score (nSPS) is 17.0. The lowest BCUT2D eigenvalue weighted by Gasteiger charge is -2.37. The van der Waals surface area contributed by atoms with Crippen molar-refractivity contribution in [2.75, 3.05) is 43.4 Å². The molecule has 0 amide bonds. The number of aliphatic hydroxyl groups is 1. The van der Waals surface area contributed by atoms with Crippen LogP contribution in [0.15, 0.2) is 12.1 Å². The molecule has 116 valence electrons. The van der Waals surface area contributed by atoms with Gasteiger partial charge in [0.25, 0.3) is 0 Å². The van der Waals surface area contributed by atoms with Crippen molar-refractivity contribution in [1.82, 2.24) is 9.88 Å². The molecule has 3 N–H and O–H groups in total. The average molecular weight is 295 g/mol. The first-order valence-electron chi connectivity index (χ1n) is 6.87. The lowest BCUT2D eigenvalue weighted by molar-refractivity contribution is -0.384. The summed E-state index contributed by atoms with van der Waals surface area (Å²) in [6, 6.07) is 2.83. The van der Waals surface area contributed by atoms with Crippen LogP contribution in [0.5, 0.6) is 0 Å². The molecule has 8 heteroatoms. The second-order valence-electron chi connectivity index (χ2n) is 5.91. The summed E-state index contributed by atoms with van der Waals surface area (Å²) in [4.78, 5) is 18.8. The Morgan fingerprint density at radius 3 is 2.52 bits per heavy atom. The van der Waals surface area contributed by atoms with Crippen molar-refractivity contribution in [1.29, 1.82) is 0 Å². The van der Waals surface area contributed by atoms with Crippen LogP contribution >= 0.6 is 0 Å². The molecule has 0 aromatic carbocycles. The van der Waals surface area contributed by atoms with E-state index < -0.39 is 10.5 Å². The number of β-amino-alcohol motifs (C(OH)–C–C–N with tert-alkyl or cyclic N) is 1. The number of aromatic nitrogens is 1. The monoisotopic (exact) mass is 295 g/mol. The number of anilines is 2. The maximum Gasteiger partial charge on any atom is 0.311 e. The lowest BCUT2D eigenvalue weighted by Crippen LogP contribution is -2.50. The standard InChI is InChI=1S/C13H21N5O3/c1-13(2,19)9-16-5-7-17(8-6-16)12-10(18(20)21)3-4-11(14)15-12/h3-4,19H,5-9H2,1-2H3,(H2,14,15). The second kappa shape index (κ2) is 5.82. The van der Waals surface area contributed by atoms with Gasteiger partial charge in [0, 0.05) is 38.8 Å². The minimum absolute atomic E-state index is 0.0276. The van der Waals surface area contributed by atoms with Gasteiger partial charge in [0.05, 0.1) is 10.5 Å². The van der Waals surface area contributed by atoms with Gasteiger partial charge < -0.3 is 15.7 Å². The van der Waals surface area contributed by atoms with Crippen LogP contribution in [-0.4, -0.2) is 58.2 Å². The minimum atomic E-state index is -0.746. The maximum absolute atomic E-state index is 11.1. The second-order valence-corrected chi connectivity index (χ2v) is 5.91. The smallest absolute Gasteiger partial charge is 0.311 e. The highest BCUT2D eigenvalue weighted by Crippen LogP contribution is 2.27. The van der Waals surface area contributed by atoms with Gasteiger partial charge in [-0.1, -0.05) is 0 Å². The van der Waals surface area contributed by atoms with E-state index in [9.17, 15) is 15.2 Å². The molecule has 0 radical (unpaired) electrons. The number of hydrogen-bond donors (Lipinski definition) is 2. The van der Waals surface area contributed by atoms with E-state index in [-0.39, 0.29) is 11.5 Å². The average Bonchev–Trinajstić information content (AvgIpc) is 2.37. The summed E-state index contributed by atoms with van der Waals surface area (Å²) < 4.78 is 0. The van der Waals surface area contributed by atoms with Crippen molar-refractivity contribution in [3.8, 4) is 0 Å². The van der Waals surface area contributed by atoms with Crippen LogP contribution in [-0.2, 0) is 0 Å². The van der Waals surface area contributed by atoms with Gasteiger partial charge >= 0.3 is 5.69 Å². The fourth-order valence-corrected chi connectivity index (χ4v) is 2.50. The molecule has 2 rings (SSSR count). The summed E-state index contributed by atoms with van der Waals surface area (Å²) in [7, 11) is 0. The topological polar surface area (TPSA) is 109 Å². The number of nitrogen functional groups attached to an aromatic ring is 1. The highest BCUT2D eigenvalue weighted by Gasteiger charge is 2.27. The fourth-order valence-electron chi connectivity index (χ4n) is 2.50. The van der Waals surface area contributed by atoms with E-state index in [2.05, 4.69) is 9.88 Å². The van der Waals surface area contributed by atoms with Crippen LogP contribution < -0.4 is 10.6 Å². The predicted octanol–water partition coefficient (Wildman–Crippen LogP) is 0.465. The van der Waals surface area contributed by atoms with Gasteiger partial charge in [-0.2, -0.15) is 0 Å². The molecule has 0 aliphatic carbocycles. The number of nitro groups is 1. The molecule has 1 fully saturated rings. The van der Waals surface area contributed by atoms with Gasteiger partial charge in [-0.3, -0.25) is 15.0 Å². The molecule has 8 nitrogen and oxygen atoms in total. The zero-order valence-electron chi connectivity index (χ0n) is 12.3. The Bertz CT molecular complexity index is 521. The van der Waals surface area contributed by atoms with E-state index in [0.717, 1.165) is 13.1 Å². The third-order valence-corrected chi connectivity index (χ3v) is 3.36. The van der Waals surface area contributed by atoms with E-state index >= 15 is 0 Å². The molecule has 1 saturated heterocycles. The van der Waals surface area contributed by atoms with Gasteiger partial charge in [-0.05, 0) is 19.9 Å². The molecule has 0 spiro atoms. The molecule has 0 bridgehead atoms. The molecule has 0 unspecified atom stereocenters. The number of piperazine rings is 1. The lowest BCUT2D eigenvalue weighted by atomic mass is 10.1. The highest BCUT2D eigenvalue weighted by molar-refractivity contribution is 5.61. The van der Waals surface area contributed by atoms with E-state index in [0.29, 0.717) is 25.5 Å². The molecule has 1 aromatic heterocycles. The molecule has 0 saturated carbocycles. The predicted molar refractivity (Wildman–Crippen MR) is 80.3 cm³/mol. The third-order valence-electron chi connectivity index (χ3n) is 3.36. The Balaban J connectivity index is 2.09. The summed E-state index contributed by atoms with van der Waals surface area (Å²) >= 11 is 0. The van der Waals surface area contributed by atoms with Crippen LogP contribution in [0.2, 0.25) is 0 Å². The maximum atomic E-state index is 11.1. The molecular formula is C13H21N5O3. The van der Waals surface area contributed by atoms with Crippen LogP contribution in [0, 0.1) is 10.1 Å². The molecule has 1 aliphatic rings. The van der Waals surface area contributed by atoms with Crippen LogP contribution in [0.4, 0.5) is 17.3 Å². The van der Waals surface area contributed by atoms with Crippen LogP contribution in [0.3, 0.4) is 0 Å². The molecule has 2 heterocycles. The van der Waals surface area contributed by atoms with Gasteiger partial charge in [0.2, 0.25) is 5.82 Å². The van der Waals surface area contributed by atoms with Gasteiger partial charge in [0.1, 0.15) is 5.82 Å². The molecule has 1 aromatic rings. The minimum Gasteiger partial charge on any atom is -0.389 e. The summed E-state index contributed by atoms with van der Waals surface area (Å²) in [6.45, 7) is 6.79. The van der Waals surface area contributed by atoms with Crippen molar-refractivity contribution < 1.29 is 10.0 Å². The Kier molecular flexibility index (Phi) is 4.29. The number of hydrogen-bond acceptors (Lipinski definition) is 7. The van der Waals surface area contributed by atoms with Gasteiger partial charge in [0.15, 0.2) is 0 Å². The quantitative estimate of drug-likeness (QED) is 0.613. The zero-order chi connectivity index (χ0) is 15.6. The van der Waals surface area contributed by atoms with Gasteiger partial charge in [-0.25, -0.2) is 4.98 Å². The molecule has 1 aliphatic heterocycles. The van der Waals surface area contributed by atoms with Crippen molar-refractivity contribution >= 4 is 17.3 Å². The van der Waals surface area contributed by atoms with E-state index in [1.807, 2.05) is 4.90 Å². The Morgan fingerprint density at radius 2 is 2.00 bits per heavy atom. The van der Waals surface area contributed by atoms with Crippen LogP contribution in [0.25, 0.3) is 0 Å². The Labute approximate surface area is 123 Å². The molecule has 0 atom stereocenters. The third kappa shape index (κ3) is 4.02. The number of rotatable bonds is 4. The Morgan fingerprint density at radius 1 is 1.38 bits per heavy atom. The van der Waals surface area contributed by atoms with Crippen molar-refractivity contribution in [2.24, 2.45) is 0 Å². The Hall–Kier alpha value is -1.93. The largest absolute Gasteiger partial charge is 0.389 e. The number of nitrogens with zero attached hydrogens (tertiary/aromatic N) is 4.